The van der Waals surface area contributed by atoms with Crippen molar-refractivity contribution in [1.82, 2.24) is 9.47 Å². The number of rotatable bonds is 7. The number of hydrogen-bond donors (Lipinski definition) is 0. The van der Waals surface area contributed by atoms with Crippen LogP contribution < -0.4 is 0 Å². The Morgan fingerprint density at radius 1 is 1.16 bits per heavy atom. The van der Waals surface area contributed by atoms with Gasteiger partial charge >= 0.3 is 0 Å². The molecule has 0 saturated carbocycles. The van der Waals surface area contributed by atoms with Gasteiger partial charge in [0.1, 0.15) is 5.38 Å². The van der Waals surface area contributed by atoms with Crippen molar-refractivity contribution >= 4 is 17.5 Å². The van der Waals surface area contributed by atoms with Crippen LogP contribution in [0.25, 0.3) is 0 Å². The maximum atomic E-state index is 12.6. The SMILES string of the molecule is Cc1cccc(Cn2cccc2CN(C(=O)[C@H](C)Cl)[C@@H](C)C(C)C)c1. The molecule has 2 atom stereocenters. The Morgan fingerprint density at radius 3 is 2.48 bits per heavy atom. The van der Waals surface area contributed by atoms with Gasteiger partial charge < -0.3 is 9.47 Å². The Hall–Kier alpha value is -1.74. The van der Waals surface area contributed by atoms with Gasteiger partial charge in [0.25, 0.3) is 0 Å². The van der Waals surface area contributed by atoms with E-state index in [9.17, 15) is 4.79 Å². The minimum Gasteiger partial charge on any atom is -0.345 e. The van der Waals surface area contributed by atoms with Crippen LogP contribution in [0, 0.1) is 12.8 Å². The van der Waals surface area contributed by atoms with E-state index in [1.54, 1.807) is 6.92 Å². The molecule has 0 fully saturated rings. The highest BCUT2D eigenvalue weighted by Gasteiger charge is 2.26. The highest BCUT2D eigenvalue weighted by Crippen LogP contribution is 2.19. The first-order valence-electron chi connectivity index (χ1n) is 8.93. The molecule has 0 aliphatic carbocycles. The van der Waals surface area contributed by atoms with Gasteiger partial charge in [0, 0.05) is 24.5 Å². The zero-order valence-corrected chi connectivity index (χ0v) is 16.6. The Balaban J connectivity index is 2.23. The molecule has 3 nitrogen and oxygen atoms in total. The largest absolute Gasteiger partial charge is 0.345 e. The summed E-state index contributed by atoms with van der Waals surface area (Å²) in [6, 6.07) is 12.8. The lowest BCUT2D eigenvalue weighted by Gasteiger charge is -2.33. The summed E-state index contributed by atoms with van der Waals surface area (Å²) in [7, 11) is 0. The van der Waals surface area contributed by atoms with Crippen LogP contribution in [0.5, 0.6) is 0 Å². The topological polar surface area (TPSA) is 25.2 Å². The van der Waals surface area contributed by atoms with E-state index in [1.807, 2.05) is 11.0 Å². The Morgan fingerprint density at radius 2 is 1.88 bits per heavy atom. The van der Waals surface area contributed by atoms with E-state index in [0.717, 1.165) is 12.2 Å². The highest BCUT2D eigenvalue weighted by molar-refractivity contribution is 6.30. The monoisotopic (exact) mass is 360 g/mol. The minimum absolute atomic E-state index is 0.00817. The van der Waals surface area contributed by atoms with Crippen molar-refractivity contribution < 1.29 is 4.79 Å². The lowest BCUT2D eigenvalue weighted by molar-refractivity contribution is -0.134. The first-order chi connectivity index (χ1) is 11.8. The van der Waals surface area contributed by atoms with Crippen LogP contribution in [0.15, 0.2) is 42.6 Å². The van der Waals surface area contributed by atoms with Gasteiger partial charge in [0.15, 0.2) is 0 Å². The summed E-state index contributed by atoms with van der Waals surface area (Å²) < 4.78 is 2.21. The zero-order valence-electron chi connectivity index (χ0n) is 15.9. The van der Waals surface area contributed by atoms with Crippen LogP contribution in [0.2, 0.25) is 0 Å². The number of carbonyl (C=O) groups excluding carboxylic acids is 1. The maximum absolute atomic E-state index is 12.6. The smallest absolute Gasteiger partial charge is 0.240 e. The molecule has 0 aliphatic heterocycles. The van der Waals surface area contributed by atoms with Crippen LogP contribution in [0.4, 0.5) is 0 Å². The predicted octanol–water partition coefficient (Wildman–Crippen LogP) is 4.85. The summed E-state index contributed by atoms with van der Waals surface area (Å²) in [6.45, 7) is 11.6. The molecule has 1 heterocycles. The highest BCUT2D eigenvalue weighted by atomic mass is 35.5. The van der Waals surface area contributed by atoms with Crippen molar-refractivity contribution in [2.45, 2.75) is 59.1 Å². The van der Waals surface area contributed by atoms with Crippen molar-refractivity contribution in [1.29, 1.82) is 0 Å². The Kier molecular flexibility index (Phi) is 6.71. The van der Waals surface area contributed by atoms with Gasteiger partial charge in [0.2, 0.25) is 5.91 Å². The number of carbonyl (C=O) groups is 1. The second-order valence-electron chi connectivity index (χ2n) is 7.18. The van der Waals surface area contributed by atoms with Crippen molar-refractivity contribution in [2.75, 3.05) is 0 Å². The minimum atomic E-state index is -0.513. The lowest BCUT2D eigenvalue weighted by atomic mass is 10.0. The van der Waals surface area contributed by atoms with E-state index < -0.39 is 5.38 Å². The van der Waals surface area contributed by atoms with Crippen LogP contribution in [-0.2, 0) is 17.9 Å². The third-order valence-corrected chi connectivity index (χ3v) is 4.96. The van der Waals surface area contributed by atoms with E-state index in [1.165, 1.54) is 11.1 Å². The summed E-state index contributed by atoms with van der Waals surface area (Å²) in [4.78, 5) is 14.5. The molecular weight excluding hydrogens is 332 g/mol. The van der Waals surface area contributed by atoms with Crippen LogP contribution in [0.1, 0.15) is 44.5 Å². The summed E-state index contributed by atoms with van der Waals surface area (Å²) in [5.41, 5.74) is 3.64. The van der Waals surface area contributed by atoms with Gasteiger partial charge in [-0.15, -0.1) is 11.6 Å². The molecule has 1 amide bonds. The van der Waals surface area contributed by atoms with E-state index in [4.69, 9.17) is 11.6 Å². The number of nitrogens with zero attached hydrogens (tertiary/aromatic N) is 2. The number of benzene rings is 1. The van der Waals surface area contributed by atoms with E-state index in [0.29, 0.717) is 12.5 Å². The molecule has 136 valence electrons. The molecule has 0 aliphatic rings. The molecule has 25 heavy (non-hydrogen) atoms. The molecule has 0 saturated heterocycles. The van der Waals surface area contributed by atoms with Crippen molar-refractivity contribution in [3.63, 3.8) is 0 Å². The number of alkyl halides is 1. The number of aromatic nitrogens is 1. The Labute approximate surface area is 156 Å². The van der Waals surface area contributed by atoms with Gasteiger partial charge in [0.05, 0.1) is 6.54 Å². The van der Waals surface area contributed by atoms with Crippen molar-refractivity contribution in [3.05, 3.63) is 59.4 Å². The summed E-state index contributed by atoms with van der Waals surface area (Å²) in [6.07, 6.45) is 2.07. The fraction of sp³-hybridized carbons (Fsp3) is 0.476. The normalized spacial score (nSPS) is 13.7. The molecule has 0 bridgehead atoms. The zero-order chi connectivity index (χ0) is 18.6. The quantitative estimate of drug-likeness (QED) is 0.648. The molecule has 2 aromatic rings. The van der Waals surface area contributed by atoms with Gasteiger partial charge in [-0.1, -0.05) is 43.7 Å². The molecule has 0 spiro atoms. The van der Waals surface area contributed by atoms with Crippen molar-refractivity contribution in [3.8, 4) is 0 Å². The van der Waals surface area contributed by atoms with Gasteiger partial charge in [-0.25, -0.2) is 0 Å². The van der Waals surface area contributed by atoms with Gasteiger partial charge in [-0.2, -0.15) is 0 Å². The third kappa shape index (κ3) is 5.12. The fourth-order valence-corrected chi connectivity index (χ4v) is 3.07. The summed E-state index contributed by atoms with van der Waals surface area (Å²) >= 11 is 6.10. The average molecular weight is 361 g/mol. The van der Waals surface area contributed by atoms with E-state index >= 15 is 0 Å². The van der Waals surface area contributed by atoms with Gasteiger partial charge in [-0.05, 0) is 44.4 Å². The first kappa shape index (κ1) is 19.6. The van der Waals surface area contributed by atoms with E-state index in [2.05, 4.69) is 68.8 Å². The molecule has 4 heteroatoms. The van der Waals surface area contributed by atoms with Crippen LogP contribution in [0.3, 0.4) is 0 Å². The molecule has 0 N–H and O–H groups in total. The summed E-state index contributed by atoms with van der Waals surface area (Å²) in [5.74, 6) is 0.366. The molecule has 0 radical (unpaired) electrons. The second kappa shape index (κ2) is 8.57. The lowest BCUT2D eigenvalue weighted by Crippen LogP contribution is -2.44. The number of amides is 1. The standard InChI is InChI=1S/C21H29ClN2O/c1-15(2)18(5)24(21(25)17(4)22)14-20-10-7-11-23(20)13-19-9-6-8-16(3)12-19/h6-12,15,17-18H,13-14H2,1-5H3/t17-,18-/m0/s1. The fourth-order valence-electron chi connectivity index (χ4n) is 2.94. The third-order valence-electron chi connectivity index (χ3n) is 4.77. The average Bonchev–Trinajstić information content (AvgIpc) is 2.98. The number of hydrogen-bond acceptors (Lipinski definition) is 1. The van der Waals surface area contributed by atoms with Crippen LogP contribution in [-0.4, -0.2) is 26.8 Å². The summed E-state index contributed by atoms with van der Waals surface area (Å²) in [5, 5.41) is -0.513. The van der Waals surface area contributed by atoms with E-state index in [-0.39, 0.29) is 11.9 Å². The molecular formula is C21H29ClN2O. The number of aryl methyl sites for hydroxylation is 1. The van der Waals surface area contributed by atoms with Gasteiger partial charge in [-0.3, -0.25) is 4.79 Å². The number of halogens is 1. The maximum Gasteiger partial charge on any atom is 0.240 e. The molecule has 1 aromatic carbocycles. The predicted molar refractivity (Wildman–Crippen MR) is 105 cm³/mol. The second-order valence-corrected chi connectivity index (χ2v) is 7.84. The molecule has 2 rings (SSSR count). The molecule has 1 aromatic heterocycles. The molecule has 0 unspecified atom stereocenters. The van der Waals surface area contributed by atoms with Crippen LogP contribution >= 0.6 is 11.6 Å². The van der Waals surface area contributed by atoms with Crippen molar-refractivity contribution in [2.24, 2.45) is 5.92 Å². The first-order valence-corrected chi connectivity index (χ1v) is 9.37. The Bertz CT molecular complexity index is 705.